The molecule has 1 saturated carbocycles. The van der Waals surface area contributed by atoms with Gasteiger partial charge in [-0.3, -0.25) is 4.79 Å². The smallest absolute Gasteiger partial charge is 0.257 e. The van der Waals surface area contributed by atoms with Gasteiger partial charge >= 0.3 is 0 Å². The Bertz CT molecular complexity index is 164. The molecular weight excluding hydrogens is 157 g/mol. The van der Waals surface area contributed by atoms with Gasteiger partial charge in [0.15, 0.2) is 5.67 Å². The monoisotopic (exact) mass is 173 g/mol. The average molecular weight is 173 g/mol. The molecule has 0 radical (unpaired) electrons. The molecule has 3 heteroatoms. The molecule has 0 heterocycles. The molecule has 0 spiro atoms. The number of alkyl halides is 1. The fraction of sp³-hybridized carbons (Fsp3) is 0.889. The summed E-state index contributed by atoms with van der Waals surface area (Å²) in [6.07, 6.45) is 3.55. The second-order valence-corrected chi connectivity index (χ2v) is 3.39. The third kappa shape index (κ3) is 1.96. The van der Waals surface area contributed by atoms with Crippen molar-refractivity contribution in [2.75, 3.05) is 6.54 Å². The first kappa shape index (κ1) is 9.49. The Morgan fingerprint density at radius 1 is 1.42 bits per heavy atom. The van der Waals surface area contributed by atoms with Crippen molar-refractivity contribution >= 4 is 5.91 Å². The molecule has 0 aliphatic heterocycles. The lowest BCUT2D eigenvalue weighted by atomic mass is 9.86. The number of amides is 1. The summed E-state index contributed by atoms with van der Waals surface area (Å²) >= 11 is 0. The molecule has 1 fully saturated rings. The molecule has 0 atom stereocenters. The second-order valence-electron chi connectivity index (χ2n) is 3.39. The molecule has 0 aromatic heterocycles. The van der Waals surface area contributed by atoms with Crippen LogP contribution in [0.25, 0.3) is 0 Å². The van der Waals surface area contributed by atoms with Crippen LogP contribution in [0.4, 0.5) is 4.39 Å². The van der Waals surface area contributed by atoms with E-state index in [9.17, 15) is 9.18 Å². The quantitative estimate of drug-likeness (QED) is 0.677. The summed E-state index contributed by atoms with van der Waals surface area (Å²) in [6.45, 7) is 2.33. The predicted molar refractivity (Wildman–Crippen MR) is 45.6 cm³/mol. The van der Waals surface area contributed by atoms with Gasteiger partial charge in [0.1, 0.15) is 0 Å². The van der Waals surface area contributed by atoms with E-state index in [4.69, 9.17) is 0 Å². The minimum absolute atomic E-state index is 0.402. The van der Waals surface area contributed by atoms with Crippen LogP contribution in [-0.2, 0) is 4.79 Å². The van der Waals surface area contributed by atoms with Gasteiger partial charge in [-0.25, -0.2) is 4.39 Å². The van der Waals surface area contributed by atoms with E-state index in [1.165, 1.54) is 0 Å². The van der Waals surface area contributed by atoms with Gasteiger partial charge in [-0.15, -0.1) is 0 Å². The Hall–Kier alpha value is -0.600. The molecule has 70 valence electrons. The molecule has 0 bridgehead atoms. The van der Waals surface area contributed by atoms with E-state index in [0.717, 1.165) is 19.3 Å². The second kappa shape index (κ2) is 3.87. The highest BCUT2D eigenvalue weighted by molar-refractivity contribution is 5.85. The lowest BCUT2D eigenvalue weighted by Gasteiger charge is -2.27. The van der Waals surface area contributed by atoms with Crippen LogP contribution in [0.15, 0.2) is 0 Å². The van der Waals surface area contributed by atoms with E-state index in [-0.39, 0.29) is 0 Å². The summed E-state index contributed by atoms with van der Waals surface area (Å²) in [4.78, 5) is 11.2. The van der Waals surface area contributed by atoms with Gasteiger partial charge in [0.05, 0.1) is 0 Å². The van der Waals surface area contributed by atoms with Crippen LogP contribution in [0.2, 0.25) is 0 Å². The SMILES string of the molecule is CCNC(=O)C1(F)CCCCC1. The van der Waals surface area contributed by atoms with E-state index < -0.39 is 11.6 Å². The minimum Gasteiger partial charge on any atom is -0.354 e. The van der Waals surface area contributed by atoms with Crippen molar-refractivity contribution in [3.8, 4) is 0 Å². The van der Waals surface area contributed by atoms with Gasteiger partial charge in [0.25, 0.3) is 5.91 Å². The maximum absolute atomic E-state index is 13.7. The Morgan fingerprint density at radius 2 is 2.00 bits per heavy atom. The molecule has 1 rings (SSSR count). The van der Waals surface area contributed by atoms with Gasteiger partial charge in [0, 0.05) is 6.54 Å². The van der Waals surface area contributed by atoms with Crippen molar-refractivity contribution in [3.63, 3.8) is 0 Å². The van der Waals surface area contributed by atoms with Crippen LogP contribution in [0, 0.1) is 0 Å². The molecule has 0 aromatic carbocycles. The van der Waals surface area contributed by atoms with Crippen LogP contribution in [-0.4, -0.2) is 18.1 Å². The molecule has 0 aromatic rings. The van der Waals surface area contributed by atoms with E-state index in [1.807, 2.05) is 6.92 Å². The van der Waals surface area contributed by atoms with Crippen LogP contribution in [0.3, 0.4) is 0 Å². The van der Waals surface area contributed by atoms with Crippen LogP contribution >= 0.6 is 0 Å². The maximum Gasteiger partial charge on any atom is 0.257 e. The number of hydrogen-bond donors (Lipinski definition) is 1. The molecule has 12 heavy (non-hydrogen) atoms. The largest absolute Gasteiger partial charge is 0.354 e. The molecule has 1 aliphatic carbocycles. The molecule has 1 N–H and O–H groups in total. The fourth-order valence-corrected chi connectivity index (χ4v) is 1.66. The van der Waals surface area contributed by atoms with Crippen molar-refractivity contribution in [1.82, 2.24) is 5.32 Å². The van der Waals surface area contributed by atoms with Gasteiger partial charge in [-0.05, 0) is 32.6 Å². The van der Waals surface area contributed by atoms with Crippen molar-refractivity contribution in [2.24, 2.45) is 0 Å². The first-order valence-electron chi connectivity index (χ1n) is 4.66. The van der Waals surface area contributed by atoms with Gasteiger partial charge in [0.2, 0.25) is 0 Å². The molecule has 2 nitrogen and oxygen atoms in total. The topological polar surface area (TPSA) is 29.1 Å². The van der Waals surface area contributed by atoms with E-state index in [0.29, 0.717) is 19.4 Å². The van der Waals surface area contributed by atoms with Crippen LogP contribution < -0.4 is 5.32 Å². The number of halogens is 1. The van der Waals surface area contributed by atoms with Crippen molar-refractivity contribution in [1.29, 1.82) is 0 Å². The minimum atomic E-state index is -1.56. The third-order valence-electron chi connectivity index (χ3n) is 2.39. The normalized spacial score (nSPS) is 21.8. The van der Waals surface area contributed by atoms with Crippen molar-refractivity contribution in [2.45, 2.75) is 44.7 Å². The zero-order valence-electron chi connectivity index (χ0n) is 7.53. The Balaban J connectivity index is 2.50. The van der Waals surface area contributed by atoms with Crippen molar-refractivity contribution < 1.29 is 9.18 Å². The number of hydrogen-bond acceptors (Lipinski definition) is 1. The highest BCUT2D eigenvalue weighted by atomic mass is 19.1. The summed E-state index contributed by atoms with van der Waals surface area (Å²) in [5.41, 5.74) is -1.56. The van der Waals surface area contributed by atoms with Crippen LogP contribution in [0.5, 0.6) is 0 Å². The predicted octanol–water partition coefficient (Wildman–Crippen LogP) is 1.79. The van der Waals surface area contributed by atoms with Gasteiger partial charge in [-0.2, -0.15) is 0 Å². The molecule has 0 unspecified atom stereocenters. The summed E-state index contributed by atoms with van der Waals surface area (Å²) in [5.74, 6) is -0.412. The number of carbonyl (C=O) groups is 1. The molecule has 1 aliphatic rings. The number of rotatable bonds is 2. The summed E-state index contributed by atoms with van der Waals surface area (Å²) in [6, 6.07) is 0. The molecule has 0 saturated heterocycles. The Kier molecular flexibility index (Phi) is 3.06. The summed E-state index contributed by atoms with van der Waals surface area (Å²) < 4.78 is 13.7. The first-order chi connectivity index (χ1) is 5.69. The lowest BCUT2D eigenvalue weighted by Crippen LogP contribution is -2.44. The van der Waals surface area contributed by atoms with E-state index >= 15 is 0 Å². The van der Waals surface area contributed by atoms with Gasteiger partial charge < -0.3 is 5.32 Å². The Labute approximate surface area is 72.5 Å². The fourth-order valence-electron chi connectivity index (χ4n) is 1.66. The average Bonchev–Trinajstić information content (AvgIpc) is 2.06. The standard InChI is InChI=1S/C9H16FNO/c1-2-11-8(12)9(10)6-4-3-5-7-9/h2-7H2,1H3,(H,11,12). The lowest BCUT2D eigenvalue weighted by molar-refractivity contribution is -0.134. The third-order valence-corrected chi connectivity index (χ3v) is 2.39. The van der Waals surface area contributed by atoms with E-state index in [1.54, 1.807) is 0 Å². The van der Waals surface area contributed by atoms with Crippen molar-refractivity contribution in [3.05, 3.63) is 0 Å². The molecule has 1 amide bonds. The molecular formula is C9H16FNO. The maximum atomic E-state index is 13.7. The Morgan fingerprint density at radius 3 is 2.50 bits per heavy atom. The van der Waals surface area contributed by atoms with Crippen LogP contribution in [0.1, 0.15) is 39.0 Å². The zero-order chi connectivity index (χ0) is 9.03. The highest BCUT2D eigenvalue weighted by Gasteiger charge is 2.38. The summed E-state index contributed by atoms with van der Waals surface area (Å²) in [5, 5.41) is 2.54. The summed E-state index contributed by atoms with van der Waals surface area (Å²) in [7, 11) is 0. The zero-order valence-corrected chi connectivity index (χ0v) is 7.53. The van der Waals surface area contributed by atoms with Gasteiger partial charge in [-0.1, -0.05) is 6.42 Å². The first-order valence-corrected chi connectivity index (χ1v) is 4.66. The number of carbonyl (C=O) groups excluding carboxylic acids is 1. The van der Waals surface area contributed by atoms with E-state index in [2.05, 4.69) is 5.32 Å². The number of nitrogens with one attached hydrogen (secondary N) is 1. The highest BCUT2D eigenvalue weighted by Crippen LogP contribution is 2.31.